The van der Waals surface area contributed by atoms with E-state index in [1.54, 1.807) is 24.3 Å². The van der Waals surface area contributed by atoms with Crippen molar-refractivity contribution in [3.05, 3.63) is 64.4 Å². The molecule has 0 saturated carbocycles. The lowest BCUT2D eigenvalue weighted by Crippen LogP contribution is -2.43. The number of hydrogen-bond donors (Lipinski definition) is 3. The van der Waals surface area contributed by atoms with E-state index >= 15 is 0 Å². The smallest absolute Gasteiger partial charge is 0.306 e. The standard InChI is InChI=1S/C19H17BrFN3O5/c20-13-3-1-12(2-4-13)19(28)24-23-17(26)11-29-18(27)10-9-16(25)22-15-7-5-14(21)6-8-15/h1-8H,9-11H2,(H,22,25)(H,23,26)(H,24,28). The summed E-state index contributed by atoms with van der Waals surface area (Å²) in [4.78, 5) is 46.8. The summed E-state index contributed by atoms with van der Waals surface area (Å²) >= 11 is 3.24. The van der Waals surface area contributed by atoms with Gasteiger partial charge in [0.05, 0.1) is 6.42 Å². The number of nitrogens with one attached hydrogen (secondary N) is 3. The van der Waals surface area contributed by atoms with Crippen molar-refractivity contribution in [1.82, 2.24) is 10.9 Å². The molecule has 29 heavy (non-hydrogen) atoms. The molecule has 0 saturated heterocycles. The van der Waals surface area contributed by atoms with E-state index in [1.165, 1.54) is 24.3 Å². The highest BCUT2D eigenvalue weighted by Gasteiger charge is 2.12. The van der Waals surface area contributed by atoms with Gasteiger partial charge in [0.25, 0.3) is 11.8 Å². The number of carbonyl (C=O) groups is 4. The third-order valence-corrected chi connectivity index (χ3v) is 4.00. The topological polar surface area (TPSA) is 114 Å². The molecule has 10 heteroatoms. The summed E-state index contributed by atoms with van der Waals surface area (Å²) in [6.07, 6.45) is -0.413. The lowest BCUT2D eigenvalue weighted by molar-refractivity contribution is -0.149. The van der Waals surface area contributed by atoms with Crippen molar-refractivity contribution < 1.29 is 28.3 Å². The molecule has 0 heterocycles. The van der Waals surface area contributed by atoms with Crippen molar-refractivity contribution in [1.29, 1.82) is 0 Å². The quantitative estimate of drug-likeness (QED) is 0.428. The lowest BCUT2D eigenvalue weighted by atomic mass is 10.2. The Morgan fingerprint density at radius 2 is 1.52 bits per heavy atom. The van der Waals surface area contributed by atoms with E-state index in [0.29, 0.717) is 11.3 Å². The third-order valence-electron chi connectivity index (χ3n) is 3.47. The van der Waals surface area contributed by atoms with Crippen LogP contribution in [0.3, 0.4) is 0 Å². The van der Waals surface area contributed by atoms with Crippen LogP contribution in [0.5, 0.6) is 0 Å². The Morgan fingerprint density at radius 1 is 0.862 bits per heavy atom. The van der Waals surface area contributed by atoms with Crippen LogP contribution in [0.2, 0.25) is 0 Å². The van der Waals surface area contributed by atoms with Crippen LogP contribution in [0.15, 0.2) is 53.0 Å². The van der Waals surface area contributed by atoms with Gasteiger partial charge in [0.1, 0.15) is 5.82 Å². The molecule has 152 valence electrons. The van der Waals surface area contributed by atoms with Gasteiger partial charge in [-0.05, 0) is 48.5 Å². The summed E-state index contributed by atoms with van der Waals surface area (Å²) in [7, 11) is 0. The van der Waals surface area contributed by atoms with Crippen molar-refractivity contribution >= 4 is 45.3 Å². The zero-order valence-electron chi connectivity index (χ0n) is 15.0. The molecule has 0 radical (unpaired) electrons. The first-order valence-corrected chi connectivity index (χ1v) is 9.18. The minimum Gasteiger partial charge on any atom is -0.455 e. The van der Waals surface area contributed by atoms with Gasteiger partial charge in [-0.3, -0.25) is 30.0 Å². The van der Waals surface area contributed by atoms with Crippen LogP contribution >= 0.6 is 15.9 Å². The zero-order valence-corrected chi connectivity index (χ0v) is 16.6. The fourth-order valence-electron chi connectivity index (χ4n) is 2.03. The molecule has 0 aliphatic rings. The average molecular weight is 466 g/mol. The van der Waals surface area contributed by atoms with Gasteiger partial charge in [-0.2, -0.15) is 0 Å². The zero-order chi connectivity index (χ0) is 21.2. The Balaban J connectivity index is 1.63. The fraction of sp³-hybridized carbons (Fsp3) is 0.158. The summed E-state index contributed by atoms with van der Waals surface area (Å²) < 4.78 is 18.3. The molecule has 0 bridgehead atoms. The highest BCUT2D eigenvalue weighted by molar-refractivity contribution is 9.10. The SMILES string of the molecule is O=C(COC(=O)CCC(=O)Nc1ccc(F)cc1)NNC(=O)c1ccc(Br)cc1. The number of benzene rings is 2. The molecule has 0 fully saturated rings. The Labute approximate surface area is 173 Å². The summed E-state index contributed by atoms with van der Waals surface area (Å²) in [5.74, 6) is -2.92. The monoisotopic (exact) mass is 465 g/mol. The minimum absolute atomic E-state index is 0.169. The highest BCUT2D eigenvalue weighted by Crippen LogP contribution is 2.10. The Hall–Kier alpha value is -3.27. The largest absolute Gasteiger partial charge is 0.455 e. The van der Waals surface area contributed by atoms with Crippen LogP contribution in [-0.4, -0.2) is 30.3 Å². The molecule has 0 atom stereocenters. The van der Waals surface area contributed by atoms with Crippen molar-refractivity contribution in [2.45, 2.75) is 12.8 Å². The second-order valence-corrected chi connectivity index (χ2v) is 6.64. The molecule has 3 amide bonds. The highest BCUT2D eigenvalue weighted by atomic mass is 79.9. The van der Waals surface area contributed by atoms with E-state index in [2.05, 4.69) is 32.1 Å². The number of ether oxygens (including phenoxy) is 1. The van der Waals surface area contributed by atoms with Crippen molar-refractivity contribution in [3.63, 3.8) is 0 Å². The first kappa shape index (κ1) is 22.0. The molecule has 3 N–H and O–H groups in total. The predicted octanol–water partition coefficient (Wildman–Crippen LogP) is 2.31. The Kier molecular flexibility index (Phi) is 8.28. The molecule has 2 rings (SSSR count). The maximum Gasteiger partial charge on any atom is 0.306 e. The van der Waals surface area contributed by atoms with E-state index in [0.717, 1.165) is 4.47 Å². The van der Waals surface area contributed by atoms with Crippen molar-refractivity contribution in [3.8, 4) is 0 Å². The summed E-state index contributed by atoms with van der Waals surface area (Å²) in [6, 6.07) is 11.6. The number of hydrogen-bond acceptors (Lipinski definition) is 5. The van der Waals surface area contributed by atoms with Gasteiger partial charge in [-0.15, -0.1) is 0 Å². The molecule has 0 unspecified atom stereocenters. The minimum atomic E-state index is -0.756. The molecule has 0 aliphatic carbocycles. The number of rotatable bonds is 7. The van der Waals surface area contributed by atoms with Crippen molar-refractivity contribution in [2.75, 3.05) is 11.9 Å². The second-order valence-electron chi connectivity index (χ2n) is 5.72. The van der Waals surface area contributed by atoms with E-state index in [9.17, 15) is 23.6 Å². The molecule has 0 aliphatic heterocycles. The number of hydrazine groups is 1. The first-order valence-electron chi connectivity index (χ1n) is 8.39. The first-order chi connectivity index (χ1) is 13.8. The van der Waals surface area contributed by atoms with Crippen LogP contribution in [0.1, 0.15) is 23.2 Å². The number of carbonyl (C=O) groups excluding carboxylic acids is 4. The molecule has 2 aromatic rings. The lowest BCUT2D eigenvalue weighted by Gasteiger charge is -2.08. The average Bonchev–Trinajstić information content (AvgIpc) is 2.71. The molecule has 0 aromatic heterocycles. The van der Waals surface area contributed by atoms with E-state index in [4.69, 9.17) is 4.74 Å². The molecular formula is C19H17BrFN3O5. The number of anilines is 1. The summed E-state index contributed by atoms with van der Waals surface area (Å²) in [5, 5.41) is 2.50. The van der Waals surface area contributed by atoms with E-state index < -0.39 is 36.1 Å². The number of esters is 1. The predicted molar refractivity (Wildman–Crippen MR) is 105 cm³/mol. The summed E-state index contributed by atoms with van der Waals surface area (Å²) in [5.41, 5.74) is 5.03. The molecular weight excluding hydrogens is 449 g/mol. The van der Waals surface area contributed by atoms with Gasteiger partial charge in [0.2, 0.25) is 5.91 Å². The van der Waals surface area contributed by atoms with Crippen LogP contribution in [0, 0.1) is 5.82 Å². The van der Waals surface area contributed by atoms with Crippen LogP contribution in [0.4, 0.5) is 10.1 Å². The van der Waals surface area contributed by atoms with Crippen LogP contribution < -0.4 is 16.2 Å². The van der Waals surface area contributed by atoms with Gasteiger partial charge in [0.15, 0.2) is 6.61 Å². The van der Waals surface area contributed by atoms with Gasteiger partial charge in [-0.1, -0.05) is 15.9 Å². The van der Waals surface area contributed by atoms with Crippen LogP contribution in [-0.2, 0) is 19.1 Å². The molecule has 0 spiro atoms. The maximum atomic E-state index is 12.8. The van der Waals surface area contributed by atoms with Gasteiger partial charge >= 0.3 is 5.97 Å². The third kappa shape index (κ3) is 8.09. The van der Waals surface area contributed by atoms with Gasteiger partial charge in [0, 0.05) is 22.1 Å². The molecule has 8 nitrogen and oxygen atoms in total. The second kappa shape index (κ2) is 10.9. The van der Waals surface area contributed by atoms with Gasteiger partial charge in [-0.25, -0.2) is 4.39 Å². The van der Waals surface area contributed by atoms with E-state index in [-0.39, 0.29) is 12.8 Å². The van der Waals surface area contributed by atoms with Crippen molar-refractivity contribution in [2.24, 2.45) is 0 Å². The number of halogens is 2. The maximum absolute atomic E-state index is 12.8. The van der Waals surface area contributed by atoms with Gasteiger partial charge < -0.3 is 10.1 Å². The fourth-order valence-corrected chi connectivity index (χ4v) is 2.29. The number of amides is 3. The molecule has 2 aromatic carbocycles. The normalized spacial score (nSPS) is 10.0. The van der Waals surface area contributed by atoms with E-state index in [1.807, 2.05) is 0 Å². The summed E-state index contributed by atoms with van der Waals surface area (Å²) in [6.45, 7) is -0.612. The Morgan fingerprint density at radius 3 is 2.17 bits per heavy atom. The van der Waals surface area contributed by atoms with Crippen LogP contribution in [0.25, 0.3) is 0 Å². The Bertz CT molecular complexity index is 888.